The van der Waals surface area contributed by atoms with Gasteiger partial charge in [-0.3, -0.25) is 24.1 Å². The molecule has 0 unspecified atom stereocenters. The number of fused-ring (bicyclic) bond motifs is 2. The van der Waals surface area contributed by atoms with Crippen molar-refractivity contribution >= 4 is 57.0 Å². The minimum atomic E-state index is -0.542. The average molecular weight is 610 g/mol. The number of esters is 2. The maximum atomic E-state index is 13.7. The Bertz CT molecular complexity index is 2080. The van der Waals surface area contributed by atoms with Crippen LogP contribution in [0.3, 0.4) is 0 Å². The summed E-state index contributed by atoms with van der Waals surface area (Å²) in [6.45, 7) is 2.93. The highest BCUT2D eigenvalue weighted by Crippen LogP contribution is 2.35. The monoisotopic (exact) mass is 609 g/mol. The summed E-state index contributed by atoms with van der Waals surface area (Å²) in [4.78, 5) is 69.8. The number of thiazole rings is 1. The molecule has 12 nitrogen and oxygen atoms in total. The van der Waals surface area contributed by atoms with E-state index < -0.39 is 29.3 Å². The van der Waals surface area contributed by atoms with E-state index in [0.717, 1.165) is 15.9 Å². The molecule has 1 aliphatic heterocycles. The molecule has 3 aromatic carbocycles. The fraction of sp³-hybridized carbons (Fsp3) is 0.129. The van der Waals surface area contributed by atoms with Crippen LogP contribution in [-0.2, 0) is 19.1 Å². The zero-order chi connectivity index (χ0) is 31.0. The summed E-state index contributed by atoms with van der Waals surface area (Å²) in [5.74, 6) is -1.52. The molecule has 220 valence electrons. The summed E-state index contributed by atoms with van der Waals surface area (Å²) < 4.78 is 11.5. The SMILES string of the molecule is CCOC(=O)c1ccc(NC(=O)CN2C(=O)C(=c3sc4nc(-c5ccccc5OC(C)=O)nn4c3=O)c3ccccc32)cc1. The number of amides is 2. The Morgan fingerprint density at radius 3 is 2.34 bits per heavy atom. The van der Waals surface area contributed by atoms with Crippen molar-refractivity contribution < 1.29 is 28.7 Å². The topological polar surface area (TPSA) is 149 Å². The number of hydrogen-bond acceptors (Lipinski definition) is 10. The smallest absolute Gasteiger partial charge is 0.338 e. The fourth-order valence-electron chi connectivity index (χ4n) is 4.80. The van der Waals surface area contributed by atoms with Crippen molar-refractivity contribution in [1.29, 1.82) is 0 Å². The lowest BCUT2D eigenvalue weighted by Gasteiger charge is -2.16. The molecule has 3 heterocycles. The van der Waals surface area contributed by atoms with E-state index in [1.165, 1.54) is 24.0 Å². The second-order valence-corrected chi connectivity index (χ2v) is 10.6. The van der Waals surface area contributed by atoms with Crippen LogP contribution in [0.5, 0.6) is 5.75 Å². The number of benzene rings is 3. The Labute approximate surface area is 253 Å². The highest BCUT2D eigenvalue weighted by molar-refractivity contribution is 7.15. The number of carbonyl (C=O) groups excluding carboxylic acids is 4. The summed E-state index contributed by atoms with van der Waals surface area (Å²) in [7, 11) is 0. The van der Waals surface area contributed by atoms with Gasteiger partial charge in [0.15, 0.2) is 5.82 Å². The number of hydrogen-bond donors (Lipinski definition) is 1. The fourth-order valence-corrected chi connectivity index (χ4v) is 5.80. The number of carbonyl (C=O) groups is 4. The van der Waals surface area contributed by atoms with Crippen LogP contribution in [0.25, 0.3) is 21.9 Å². The molecule has 0 spiro atoms. The molecule has 2 amide bonds. The first-order valence-corrected chi connectivity index (χ1v) is 14.3. The second kappa shape index (κ2) is 11.5. The molecular weight excluding hydrogens is 586 g/mol. The molecule has 0 saturated carbocycles. The Hall–Kier alpha value is -5.69. The summed E-state index contributed by atoms with van der Waals surface area (Å²) in [6.07, 6.45) is 0. The molecule has 0 aliphatic carbocycles. The lowest BCUT2D eigenvalue weighted by atomic mass is 10.1. The molecule has 5 aromatic rings. The lowest BCUT2D eigenvalue weighted by Crippen LogP contribution is -2.37. The van der Waals surface area contributed by atoms with Gasteiger partial charge in [0, 0.05) is 18.2 Å². The van der Waals surface area contributed by atoms with Gasteiger partial charge in [-0.15, -0.1) is 5.10 Å². The van der Waals surface area contributed by atoms with E-state index >= 15 is 0 Å². The standard InChI is InChI=1S/C31H23N5O7S/c1-3-42-30(41)18-12-14-19(15-13-18)32-24(38)16-35-22-10-6-4-8-20(22)25(28(35)39)26-29(40)36-31(44-26)33-27(34-36)21-9-5-7-11-23(21)43-17(2)37/h4-15H,3,16H2,1-2H3,(H,32,38). The maximum Gasteiger partial charge on any atom is 0.338 e. The van der Waals surface area contributed by atoms with E-state index in [2.05, 4.69) is 15.4 Å². The Kier molecular flexibility index (Phi) is 7.45. The molecule has 44 heavy (non-hydrogen) atoms. The van der Waals surface area contributed by atoms with Gasteiger partial charge in [0.1, 0.15) is 16.8 Å². The van der Waals surface area contributed by atoms with Crippen molar-refractivity contribution in [3.8, 4) is 17.1 Å². The van der Waals surface area contributed by atoms with Crippen LogP contribution >= 0.6 is 11.3 Å². The maximum absolute atomic E-state index is 13.7. The summed E-state index contributed by atoms with van der Waals surface area (Å²) in [5, 5.41) is 7.08. The number of rotatable bonds is 7. The van der Waals surface area contributed by atoms with Crippen LogP contribution in [0, 0.1) is 0 Å². The molecule has 1 aliphatic rings. The van der Waals surface area contributed by atoms with Crippen molar-refractivity contribution in [3.63, 3.8) is 0 Å². The van der Waals surface area contributed by atoms with Gasteiger partial charge < -0.3 is 14.8 Å². The first-order valence-electron chi connectivity index (χ1n) is 13.4. The van der Waals surface area contributed by atoms with Crippen molar-refractivity contribution in [3.05, 3.63) is 98.8 Å². The van der Waals surface area contributed by atoms with Crippen LogP contribution in [0.2, 0.25) is 0 Å². The van der Waals surface area contributed by atoms with E-state index in [1.54, 1.807) is 67.6 Å². The molecule has 0 saturated heterocycles. The van der Waals surface area contributed by atoms with Crippen molar-refractivity contribution in [2.75, 3.05) is 23.4 Å². The van der Waals surface area contributed by atoms with Crippen LogP contribution in [0.1, 0.15) is 29.8 Å². The molecule has 0 bridgehead atoms. The van der Waals surface area contributed by atoms with Gasteiger partial charge in [0.25, 0.3) is 11.5 Å². The van der Waals surface area contributed by atoms with Gasteiger partial charge in [-0.1, -0.05) is 41.7 Å². The summed E-state index contributed by atoms with van der Waals surface area (Å²) >= 11 is 1.00. The highest BCUT2D eigenvalue weighted by Gasteiger charge is 2.35. The predicted octanol–water partition coefficient (Wildman–Crippen LogP) is 2.82. The number of para-hydroxylation sites is 2. The van der Waals surface area contributed by atoms with Gasteiger partial charge in [-0.2, -0.15) is 9.50 Å². The molecular formula is C31H23N5O7S. The van der Waals surface area contributed by atoms with Crippen molar-refractivity contribution in [2.45, 2.75) is 13.8 Å². The molecule has 6 rings (SSSR count). The van der Waals surface area contributed by atoms with Crippen LogP contribution < -0.4 is 25.0 Å². The number of ether oxygens (including phenoxy) is 2. The molecule has 2 aromatic heterocycles. The van der Waals surface area contributed by atoms with Gasteiger partial charge in [-0.05, 0) is 49.4 Å². The first-order chi connectivity index (χ1) is 21.2. The van der Waals surface area contributed by atoms with Gasteiger partial charge in [0.2, 0.25) is 10.9 Å². The number of nitrogens with zero attached hydrogens (tertiary/aromatic N) is 4. The zero-order valence-corrected chi connectivity index (χ0v) is 24.2. The van der Waals surface area contributed by atoms with Crippen LogP contribution in [0.15, 0.2) is 77.6 Å². The Balaban J connectivity index is 1.31. The minimum absolute atomic E-state index is 0.134. The van der Waals surface area contributed by atoms with E-state index in [0.29, 0.717) is 28.1 Å². The molecule has 13 heteroatoms. The van der Waals surface area contributed by atoms with Crippen molar-refractivity contribution in [1.82, 2.24) is 14.6 Å². The number of nitrogens with one attached hydrogen (secondary N) is 1. The van der Waals surface area contributed by atoms with Gasteiger partial charge in [-0.25, -0.2) is 4.79 Å². The van der Waals surface area contributed by atoms with Crippen molar-refractivity contribution in [2.24, 2.45) is 0 Å². The third-order valence-corrected chi connectivity index (χ3v) is 7.70. The predicted molar refractivity (Wildman–Crippen MR) is 161 cm³/mol. The quantitative estimate of drug-likeness (QED) is 0.217. The number of anilines is 2. The lowest BCUT2D eigenvalue weighted by molar-refractivity contribution is -0.131. The Morgan fingerprint density at radius 2 is 1.64 bits per heavy atom. The normalized spacial score (nSPS) is 13.6. The minimum Gasteiger partial charge on any atom is -0.462 e. The largest absolute Gasteiger partial charge is 0.462 e. The highest BCUT2D eigenvalue weighted by atomic mass is 32.1. The third kappa shape index (κ3) is 5.20. The van der Waals surface area contributed by atoms with Gasteiger partial charge >= 0.3 is 11.9 Å². The number of aromatic nitrogens is 3. The summed E-state index contributed by atoms with van der Waals surface area (Å²) in [6, 6.07) is 19.8. The molecule has 1 N–H and O–H groups in total. The van der Waals surface area contributed by atoms with E-state index in [4.69, 9.17) is 9.47 Å². The zero-order valence-electron chi connectivity index (χ0n) is 23.4. The van der Waals surface area contributed by atoms with Crippen LogP contribution in [-0.4, -0.2) is 51.5 Å². The van der Waals surface area contributed by atoms with Gasteiger partial charge in [0.05, 0.1) is 29.0 Å². The third-order valence-electron chi connectivity index (χ3n) is 6.67. The summed E-state index contributed by atoms with van der Waals surface area (Å²) in [5.41, 5.74) is 1.81. The van der Waals surface area contributed by atoms with E-state index in [9.17, 15) is 24.0 Å². The first kappa shape index (κ1) is 28.4. The Morgan fingerprint density at radius 1 is 0.932 bits per heavy atom. The second-order valence-electron chi connectivity index (χ2n) is 9.59. The molecule has 0 radical (unpaired) electrons. The molecule has 0 atom stereocenters. The van der Waals surface area contributed by atoms with E-state index in [-0.39, 0.29) is 39.8 Å². The van der Waals surface area contributed by atoms with E-state index in [1.807, 2.05) is 0 Å². The average Bonchev–Trinajstić information content (AvgIpc) is 3.64. The van der Waals surface area contributed by atoms with Crippen LogP contribution in [0.4, 0.5) is 11.4 Å². The molecule has 0 fully saturated rings.